The third kappa shape index (κ3) is 8.19. The molecule has 2 aromatic carbocycles. The van der Waals surface area contributed by atoms with Crippen LogP contribution in [0.15, 0.2) is 65.6 Å². The first-order chi connectivity index (χ1) is 20.3. The van der Waals surface area contributed by atoms with Crippen LogP contribution in [0, 0.1) is 6.92 Å². The van der Waals surface area contributed by atoms with Gasteiger partial charge in [0, 0.05) is 30.7 Å². The summed E-state index contributed by atoms with van der Waals surface area (Å²) >= 11 is 0. The molecule has 0 bridgehead atoms. The van der Waals surface area contributed by atoms with Gasteiger partial charge in [0.15, 0.2) is 5.94 Å². The Morgan fingerprint density at radius 1 is 0.884 bits per heavy atom. The van der Waals surface area contributed by atoms with E-state index in [1.165, 1.54) is 0 Å². The Morgan fingerprint density at radius 2 is 1.53 bits per heavy atom. The number of nitrogens with zero attached hydrogens (tertiary/aromatic N) is 1. The summed E-state index contributed by atoms with van der Waals surface area (Å²) in [6.07, 6.45) is 1.05. The minimum Gasteiger partial charge on any atom is -0.477 e. The number of ether oxygens (including phenoxy) is 2. The van der Waals surface area contributed by atoms with Gasteiger partial charge < -0.3 is 24.7 Å². The molecule has 234 valence electrons. The lowest BCUT2D eigenvalue weighted by atomic mass is 9.72. The van der Waals surface area contributed by atoms with Crippen molar-refractivity contribution in [1.29, 1.82) is 0 Å². The Labute approximate surface area is 255 Å². The molecule has 9 nitrogen and oxygen atoms in total. The summed E-state index contributed by atoms with van der Waals surface area (Å²) in [5, 5.41) is 5.54. The van der Waals surface area contributed by atoms with Crippen LogP contribution >= 0.6 is 0 Å². The van der Waals surface area contributed by atoms with Crippen molar-refractivity contribution in [3.63, 3.8) is 0 Å². The summed E-state index contributed by atoms with van der Waals surface area (Å²) in [4.78, 5) is 25.3. The predicted octanol–water partition coefficient (Wildman–Crippen LogP) is 5.99. The Hall–Kier alpha value is -3.79. The summed E-state index contributed by atoms with van der Waals surface area (Å²) in [5.41, 5.74) is 2.49. The molecule has 2 amide bonds. The summed E-state index contributed by atoms with van der Waals surface area (Å²) in [6, 6.07) is 18.0. The van der Waals surface area contributed by atoms with Crippen LogP contribution in [0.2, 0.25) is 0 Å². The number of rotatable bonds is 13. The van der Waals surface area contributed by atoms with Gasteiger partial charge >= 0.3 is 6.09 Å². The van der Waals surface area contributed by atoms with Gasteiger partial charge in [-0.3, -0.25) is 4.79 Å². The van der Waals surface area contributed by atoms with E-state index in [4.69, 9.17) is 9.47 Å². The van der Waals surface area contributed by atoms with E-state index in [9.17, 15) is 18.0 Å². The molecule has 0 aliphatic carbocycles. The molecule has 0 aliphatic rings. The maximum Gasteiger partial charge on any atom is 0.407 e. The molecule has 3 rings (SSSR count). The fraction of sp³-hybridized carbons (Fsp3) is 0.455. The van der Waals surface area contributed by atoms with E-state index in [1.807, 2.05) is 48.7 Å². The van der Waals surface area contributed by atoms with Crippen molar-refractivity contribution in [2.24, 2.45) is 0 Å². The van der Waals surface area contributed by atoms with Gasteiger partial charge in [-0.05, 0) is 88.9 Å². The smallest absolute Gasteiger partial charge is 0.407 e. The molecule has 3 aromatic rings. The highest BCUT2D eigenvalue weighted by Gasteiger charge is 2.35. The highest BCUT2D eigenvalue weighted by molar-refractivity contribution is 7.91. The average Bonchev–Trinajstić information content (AvgIpc) is 3.40. The van der Waals surface area contributed by atoms with Crippen molar-refractivity contribution < 1.29 is 27.5 Å². The second-order valence-electron chi connectivity index (χ2n) is 11.5. The number of aryl methyl sites for hydroxylation is 1. The van der Waals surface area contributed by atoms with Crippen molar-refractivity contribution >= 4 is 21.8 Å². The highest BCUT2D eigenvalue weighted by atomic mass is 32.2. The van der Waals surface area contributed by atoms with E-state index in [2.05, 4.69) is 24.5 Å². The Bertz CT molecular complexity index is 1500. The predicted molar refractivity (Wildman–Crippen MR) is 168 cm³/mol. The highest BCUT2D eigenvalue weighted by Crippen LogP contribution is 2.41. The van der Waals surface area contributed by atoms with E-state index in [0.717, 1.165) is 29.7 Å². The SMILES string of the molecule is CCn1c(C(=O)NCCNC(=O)OC(C)(C)C)ccc1C(CC)(CC)c1ccc(OCS(=O)(=O)c2ccccc2)c(C)c1. The Balaban J connectivity index is 1.78. The largest absolute Gasteiger partial charge is 0.477 e. The van der Waals surface area contributed by atoms with Crippen LogP contribution in [0.25, 0.3) is 0 Å². The molecule has 0 unspecified atom stereocenters. The molecule has 0 radical (unpaired) electrons. The zero-order valence-electron chi connectivity index (χ0n) is 26.3. The van der Waals surface area contributed by atoms with E-state index < -0.39 is 27.5 Å². The molecule has 0 aliphatic heterocycles. The van der Waals surface area contributed by atoms with E-state index in [0.29, 0.717) is 18.0 Å². The van der Waals surface area contributed by atoms with Gasteiger partial charge in [-0.2, -0.15) is 0 Å². The fourth-order valence-corrected chi connectivity index (χ4v) is 6.27. The number of benzene rings is 2. The van der Waals surface area contributed by atoms with Crippen LogP contribution in [0.3, 0.4) is 0 Å². The number of carbonyl (C=O) groups excluding carboxylic acids is 2. The van der Waals surface area contributed by atoms with Crippen molar-refractivity contribution in [3.8, 4) is 5.75 Å². The molecule has 2 N–H and O–H groups in total. The van der Waals surface area contributed by atoms with Crippen molar-refractivity contribution in [2.45, 2.75) is 83.8 Å². The molecule has 1 heterocycles. The monoisotopic (exact) mass is 611 g/mol. The van der Waals surface area contributed by atoms with Crippen molar-refractivity contribution in [2.75, 3.05) is 19.0 Å². The Morgan fingerprint density at radius 3 is 2.12 bits per heavy atom. The quantitative estimate of drug-likeness (QED) is 0.230. The Kier molecular flexibility index (Phi) is 11.1. The third-order valence-corrected chi connectivity index (χ3v) is 8.92. The summed E-state index contributed by atoms with van der Waals surface area (Å²) < 4.78 is 38.5. The summed E-state index contributed by atoms with van der Waals surface area (Å²) in [7, 11) is -3.59. The van der Waals surface area contributed by atoms with Crippen LogP contribution in [-0.2, 0) is 26.5 Å². The van der Waals surface area contributed by atoms with Gasteiger partial charge in [-0.15, -0.1) is 0 Å². The minimum absolute atomic E-state index is 0.222. The molecule has 0 saturated carbocycles. The van der Waals surface area contributed by atoms with E-state index >= 15 is 0 Å². The lowest BCUT2D eigenvalue weighted by Gasteiger charge is -2.34. The third-order valence-electron chi connectivity index (χ3n) is 7.51. The first kappa shape index (κ1) is 33.7. The number of hydrogen-bond acceptors (Lipinski definition) is 6. The van der Waals surface area contributed by atoms with Crippen LogP contribution in [0.4, 0.5) is 4.79 Å². The molecular weight excluding hydrogens is 566 g/mol. The van der Waals surface area contributed by atoms with E-state index in [1.54, 1.807) is 51.1 Å². The zero-order valence-corrected chi connectivity index (χ0v) is 27.1. The van der Waals surface area contributed by atoms with Gasteiger partial charge in [-0.1, -0.05) is 44.2 Å². The average molecular weight is 612 g/mol. The minimum atomic E-state index is -3.59. The number of alkyl carbamates (subject to hydrolysis) is 1. The summed E-state index contributed by atoms with van der Waals surface area (Å²) in [5.74, 6) is -0.163. The molecule has 10 heteroatoms. The first-order valence-electron chi connectivity index (χ1n) is 14.7. The molecular formula is C33H45N3O6S. The number of aromatic nitrogens is 1. The molecule has 0 atom stereocenters. The first-order valence-corrected chi connectivity index (χ1v) is 16.4. The number of sulfone groups is 1. The normalized spacial score (nSPS) is 12.1. The lowest BCUT2D eigenvalue weighted by Crippen LogP contribution is -2.38. The van der Waals surface area contributed by atoms with Crippen LogP contribution in [0.1, 0.15) is 81.7 Å². The second-order valence-corrected chi connectivity index (χ2v) is 13.4. The van der Waals surface area contributed by atoms with Gasteiger partial charge in [-0.25, -0.2) is 13.2 Å². The molecule has 1 aromatic heterocycles. The maximum absolute atomic E-state index is 13.2. The molecule has 0 saturated heterocycles. The number of nitrogens with one attached hydrogen (secondary N) is 2. The van der Waals surface area contributed by atoms with Crippen molar-refractivity contribution in [1.82, 2.24) is 15.2 Å². The van der Waals surface area contributed by atoms with Crippen LogP contribution < -0.4 is 15.4 Å². The summed E-state index contributed by atoms with van der Waals surface area (Å²) in [6.45, 7) is 14.7. The van der Waals surface area contributed by atoms with Crippen molar-refractivity contribution in [3.05, 3.63) is 83.2 Å². The van der Waals surface area contributed by atoms with Gasteiger partial charge in [0.25, 0.3) is 5.91 Å². The fourth-order valence-electron chi connectivity index (χ4n) is 5.28. The van der Waals surface area contributed by atoms with Crippen LogP contribution in [-0.4, -0.2) is 49.6 Å². The van der Waals surface area contributed by atoms with Gasteiger partial charge in [0.1, 0.15) is 17.0 Å². The standard InChI is InChI=1S/C33H45N3O6S/c1-8-33(9-2,25-16-18-28(24(4)22-25)41-23-43(39,40)26-14-12-11-13-15-26)29-19-17-27(36(29)10-3)30(37)34-20-21-35-31(38)42-32(5,6)7/h11-19,22H,8-10,20-21,23H2,1-7H3,(H,34,37)(H,35,38). The topological polar surface area (TPSA) is 116 Å². The second kappa shape index (κ2) is 14.1. The van der Waals surface area contributed by atoms with E-state index in [-0.39, 0.29) is 29.3 Å². The number of hydrogen-bond donors (Lipinski definition) is 2. The number of amides is 2. The lowest BCUT2D eigenvalue weighted by molar-refractivity contribution is 0.0526. The molecule has 0 fully saturated rings. The molecule has 0 spiro atoms. The zero-order chi connectivity index (χ0) is 31.8. The van der Waals surface area contributed by atoms with Gasteiger partial charge in [0.2, 0.25) is 9.84 Å². The van der Waals surface area contributed by atoms with Gasteiger partial charge in [0.05, 0.1) is 4.90 Å². The molecule has 43 heavy (non-hydrogen) atoms. The number of carbonyl (C=O) groups is 2. The maximum atomic E-state index is 13.2. The van der Waals surface area contributed by atoms with Crippen LogP contribution in [0.5, 0.6) is 5.75 Å².